The molecule has 4 unspecified atom stereocenters. The Morgan fingerprint density at radius 1 is 0.975 bits per heavy atom. The van der Waals surface area contributed by atoms with Crippen molar-refractivity contribution >= 4 is 29.7 Å². The Kier molecular flexibility index (Phi) is 12.6. The molecule has 14 nitrogen and oxygen atoms in total. The molecule has 3 amide bonds. The maximum atomic E-state index is 13.5. The summed E-state index contributed by atoms with van der Waals surface area (Å²) in [5.74, 6) is -3.54. The second-order valence-corrected chi connectivity index (χ2v) is 9.72. The maximum Gasteiger partial charge on any atom is 0.326 e. The molecule has 1 aromatic carbocycles. The first kappa shape index (κ1) is 31.8. The predicted octanol–water partition coefficient (Wildman–Crippen LogP) is -1.23. The van der Waals surface area contributed by atoms with Crippen LogP contribution < -0.4 is 33.2 Å². The number of benzene rings is 1. The molecule has 40 heavy (non-hydrogen) atoms. The monoisotopic (exact) mass is 557 g/mol. The number of H-pyrrole nitrogens is 1. The summed E-state index contributed by atoms with van der Waals surface area (Å²) in [6, 6.07) is 4.71. The largest absolute Gasteiger partial charge is 0.480 e. The van der Waals surface area contributed by atoms with E-state index in [1.165, 1.54) is 12.5 Å². The van der Waals surface area contributed by atoms with Crippen molar-refractivity contribution in [3.05, 3.63) is 54.1 Å². The SMILES string of the molecule is CC(C)C(NC(=O)C(Cc1cnc[nH]1)NC(=O)C(Cc1ccccc1)NC(=O)C(N)CCCN=C(N)N)C(=O)O. The van der Waals surface area contributed by atoms with E-state index in [9.17, 15) is 24.3 Å². The van der Waals surface area contributed by atoms with Gasteiger partial charge in [0, 0.05) is 31.3 Å². The van der Waals surface area contributed by atoms with E-state index in [0.29, 0.717) is 18.7 Å². The molecule has 2 rings (SSSR count). The zero-order chi connectivity index (χ0) is 29.7. The molecular formula is C26H39N9O5. The lowest BCUT2D eigenvalue weighted by Crippen LogP contribution is -2.58. The Labute approximate surface area is 232 Å². The Bertz CT molecular complexity index is 1130. The maximum absolute atomic E-state index is 13.5. The van der Waals surface area contributed by atoms with E-state index in [-0.39, 0.29) is 25.2 Å². The van der Waals surface area contributed by atoms with Gasteiger partial charge in [0.25, 0.3) is 0 Å². The Hall–Kier alpha value is -4.46. The van der Waals surface area contributed by atoms with Crippen LogP contribution >= 0.6 is 0 Å². The van der Waals surface area contributed by atoms with Crippen LogP contribution in [0.4, 0.5) is 0 Å². The zero-order valence-corrected chi connectivity index (χ0v) is 22.7. The molecular weight excluding hydrogens is 518 g/mol. The number of guanidine groups is 1. The number of rotatable bonds is 16. The summed E-state index contributed by atoms with van der Waals surface area (Å²) in [5, 5.41) is 17.4. The van der Waals surface area contributed by atoms with Crippen LogP contribution in [0.25, 0.3) is 0 Å². The average molecular weight is 558 g/mol. The minimum absolute atomic E-state index is 0.0122. The number of aromatic nitrogens is 2. The Morgan fingerprint density at radius 2 is 1.60 bits per heavy atom. The lowest BCUT2D eigenvalue weighted by atomic mass is 10.0. The number of nitrogens with zero attached hydrogens (tertiary/aromatic N) is 2. The van der Waals surface area contributed by atoms with Gasteiger partial charge >= 0.3 is 5.97 Å². The van der Waals surface area contributed by atoms with Crippen molar-refractivity contribution in [3.8, 4) is 0 Å². The number of hydrogen-bond acceptors (Lipinski definition) is 7. The minimum atomic E-state index is -1.20. The summed E-state index contributed by atoms with van der Waals surface area (Å²) >= 11 is 0. The number of aliphatic carboxylic acids is 1. The fourth-order valence-corrected chi connectivity index (χ4v) is 3.85. The second kappa shape index (κ2) is 15.8. The third kappa shape index (κ3) is 10.7. The normalized spacial score (nSPS) is 13.9. The van der Waals surface area contributed by atoms with Gasteiger partial charge in [-0.1, -0.05) is 44.2 Å². The van der Waals surface area contributed by atoms with Crippen LogP contribution in [0.3, 0.4) is 0 Å². The number of carbonyl (C=O) groups excluding carboxylic acids is 3. The van der Waals surface area contributed by atoms with Crippen molar-refractivity contribution in [1.82, 2.24) is 25.9 Å². The lowest BCUT2D eigenvalue weighted by Gasteiger charge is -2.26. The van der Waals surface area contributed by atoms with E-state index in [0.717, 1.165) is 5.56 Å². The third-order valence-corrected chi connectivity index (χ3v) is 6.06. The van der Waals surface area contributed by atoms with E-state index >= 15 is 0 Å². The summed E-state index contributed by atoms with van der Waals surface area (Å²) in [7, 11) is 0. The average Bonchev–Trinajstić information content (AvgIpc) is 3.41. The van der Waals surface area contributed by atoms with Crippen LogP contribution in [0.5, 0.6) is 0 Å². The predicted molar refractivity (Wildman–Crippen MR) is 149 cm³/mol. The highest BCUT2D eigenvalue weighted by Crippen LogP contribution is 2.08. The number of carboxylic acids is 1. The van der Waals surface area contributed by atoms with Crippen molar-refractivity contribution in [2.24, 2.45) is 28.1 Å². The molecule has 0 aliphatic carbocycles. The van der Waals surface area contributed by atoms with E-state index in [4.69, 9.17) is 17.2 Å². The molecule has 218 valence electrons. The number of nitrogens with one attached hydrogen (secondary N) is 4. The number of aromatic amines is 1. The molecule has 0 saturated heterocycles. The molecule has 11 N–H and O–H groups in total. The van der Waals surface area contributed by atoms with Crippen molar-refractivity contribution in [2.75, 3.05) is 6.54 Å². The fraction of sp³-hybridized carbons (Fsp3) is 0.462. The molecule has 0 spiro atoms. The van der Waals surface area contributed by atoms with Crippen molar-refractivity contribution in [2.45, 2.75) is 63.7 Å². The van der Waals surface area contributed by atoms with E-state index in [1.807, 2.05) is 6.07 Å². The van der Waals surface area contributed by atoms with Gasteiger partial charge < -0.3 is 43.2 Å². The van der Waals surface area contributed by atoms with Crippen LogP contribution in [0, 0.1) is 5.92 Å². The molecule has 0 fully saturated rings. The van der Waals surface area contributed by atoms with Crippen molar-refractivity contribution in [3.63, 3.8) is 0 Å². The number of nitrogens with two attached hydrogens (primary N) is 3. The van der Waals surface area contributed by atoms with Gasteiger partial charge in [-0.3, -0.25) is 19.4 Å². The van der Waals surface area contributed by atoms with Gasteiger partial charge in [-0.2, -0.15) is 0 Å². The fourth-order valence-electron chi connectivity index (χ4n) is 3.85. The molecule has 0 saturated carbocycles. The number of carboxylic acid groups (broad SMARTS) is 1. The first-order valence-electron chi connectivity index (χ1n) is 12.9. The topological polar surface area (TPSA) is 244 Å². The molecule has 4 atom stereocenters. The zero-order valence-electron chi connectivity index (χ0n) is 22.7. The standard InChI is InChI=1S/C26H39N9O5/c1-15(2)21(25(39)40)35-24(38)20(12-17-13-30-14-32-17)34-23(37)19(11-16-7-4-3-5-8-16)33-22(36)18(27)9-6-10-31-26(28)29/h3-5,7-8,13-15,18-21H,6,9-12,27H2,1-2H3,(H,30,32)(H,33,36)(H,34,37)(H,35,38)(H,39,40)(H4,28,29,31). The summed E-state index contributed by atoms with van der Waals surface area (Å²) in [4.78, 5) is 61.9. The summed E-state index contributed by atoms with van der Waals surface area (Å²) < 4.78 is 0. The van der Waals surface area contributed by atoms with Crippen molar-refractivity contribution in [1.29, 1.82) is 0 Å². The molecule has 14 heteroatoms. The number of amides is 3. The van der Waals surface area contributed by atoms with Crippen LogP contribution in [-0.2, 0) is 32.0 Å². The molecule has 1 aromatic heterocycles. The highest BCUT2D eigenvalue weighted by Gasteiger charge is 2.31. The van der Waals surface area contributed by atoms with Crippen molar-refractivity contribution < 1.29 is 24.3 Å². The van der Waals surface area contributed by atoms with Gasteiger partial charge in [-0.05, 0) is 24.3 Å². The summed E-state index contributed by atoms with van der Waals surface area (Å²) in [5.41, 5.74) is 18.0. The van der Waals surface area contributed by atoms with E-state index < -0.39 is 53.8 Å². The van der Waals surface area contributed by atoms with Gasteiger partial charge in [0.2, 0.25) is 17.7 Å². The van der Waals surface area contributed by atoms with E-state index in [2.05, 4.69) is 30.9 Å². The Balaban J connectivity index is 2.22. The first-order chi connectivity index (χ1) is 19.0. The number of carbonyl (C=O) groups is 4. The second-order valence-electron chi connectivity index (χ2n) is 9.72. The van der Waals surface area contributed by atoms with Crippen LogP contribution in [0.1, 0.15) is 37.9 Å². The minimum Gasteiger partial charge on any atom is -0.480 e. The highest BCUT2D eigenvalue weighted by molar-refractivity contribution is 5.94. The van der Waals surface area contributed by atoms with Crippen LogP contribution in [0.15, 0.2) is 47.8 Å². The molecule has 0 bridgehead atoms. The quantitative estimate of drug-likeness (QED) is 0.0698. The number of hydrogen-bond donors (Lipinski definition) is 8. The van der Waals surface area contributed by atoms with Gasteiger partial charge in [-0.25, -0.2) is 9.78 Å². The van der Waals surface area contributed by atoms with Crippen LogP contribution in [-0.4, -0.2) is 75.4 Å². The van der Waals surface area contributed by atoms with Gasteiger partial charge in [0.05, 0.1) is 12.4 Å². The van der Waals surface area contributed by atoms with Gasteiger partial charge in [0.1, 0.15) is 18.1 Å². The number of imidazole rings is 1. The summed E-state index contributed by atoms with van der Waals surface area (Å²) in [6.45, 7) is 3.62. The third-order valence-electron chi connectivity index (χ3n) is 6.06. The van der Waals surface area contributed by atoms with E-state index in [1.54, 1.807) is 38.1 Å². The lowest BCUT2D eigenvalue weighted by molar-refractivity contribution is -0.143. The molecule has 2 aromatic rings. The highest BCUT2D eigenvalue weighted by atomic mass is 16.4. The van der Waals surface area contributed by atoms with Crippen LogP contribution in [0.2, 0.25) is 0 Å². The van der Waals surface area contributed by atoms with Gasteiger partial charge in [-0.15, -0.1) is 0 Å². The van der Waals surface area contributed by atoms with Gasteiger partial charge in [0.15, 0.2) is 5.96 Å². The molecule has 0 aliphatic heterocycles. The molecule has 0 radical (unpaired) electrons. The first-order valence-corrected chi connectivity index (χ1v) is 12.9. The molecule has 0 aliphatic rings. The number of aliphatic imine (C=N–C) groups is 1. The molecule has 1 heterocycles. The smallest absolute Gasteiger partial charge is 0.326 e. The summed E-state index contributed by atoms with van der Waals surface area (Å²) in [6.07, 6.45) is 3.79. The Morgan fingerprint density at radius 3 is 2.17 bits per heavy atom.